The zero-order chi connectivity index (χ0) is 62.6. The summed E-state index contributed by atoms with van der Waals surface area (Å²) < 4.78 is 5.19. The van der Waals surface area contributed by atoms with Crippen molar-refractivity contribution in [3.8, 4) is 90.0 Å². The van der Waals surface area contributed by atoms with Crippen molar-refractivity contribution in [2.45, 2.75) is 105 Å². The molecule has 6 heteroatoms. The van der Waals surface area contributed by atoms with Crippen LogP contribution >= 0.6 is 0 Å². The van der Waals surface area contributed by atoms with Crippen molar-refractivity contribution in [3.05, 3.63) is 253 Å². The minimum absolute atomic E-state index is 0.0114. The van der Waals surface area contributed by atoms with E-state index in [1.807, 2.05) is 12.1 Å². The minimum atomic E-state index is -0.174. The van der Waals surface area contributed by atoms with Gasteiger partial charge in [0.25, 0.3) is 6.71 Å². The van der Waals surface area contributed by atoms with Crippen molar-refractivity contribution in [1.82, 2.24) is 24.1 Å². The lowest BCUT2D eigenvalue weighted by atomic mass is 9.34. The Morgan fingerprint density at radius 1 is 0.264 bits per heavy atom. The summed E-state index contributed by atoms with van der Waals surface area (Å²) in [5.74, 6) is 1.87. The van der Waals surface area contributed by atoms with Crippen molar-refractivity contribution >= 4 is 66.7 Å². The van der Waals surface area contributed by atoms with E-state index in [2.05, 4.69) is 311 Å². The number of benzene rings is 11. The zero-order valence-corrected chi connectivity index (χ0v) is 54.3. The molecular weight excluding hydrogens is 1100 g/mol. The van der Waals surface area contributed by atoms with Gasteiger partial charge in [-0.25, -0.2) is 15.0 Å². The van der Waals surface area contributed by atoms with Gasteiger partial charge in [-0.15, -0.1) is 0 Å². The van der Waals surface area contributed by atoms with Gasteiger partial charge >= 0.3 is 0 Å². The Morgan fingerprint density at radius 3 is 0.890 bits per heavy atom. The summed E-state index contributed by atoms with van der Waals surface area (Å²) in [5.41, 5.74) is 28.5. The van der Waals surface area contributed by atoms with Crippen LogP contribution in [0.5, 0.6) is 0 Å². The van der Waals surface area contributed by atoms with Crippen LogP contribution in [0.25, 0.3) is 134 Å². The molecule has 91 heavy (non-hydrogen) atoms. The summed E-state index contributed by atoms with van der Waals surface area (Å²) in [7, 11) is 0. The average molecular weight is 1180 g/mol. The molecule has 11 aromatic carbocycles. The van der Waals surface area contributed by atoms with Crippen LogP contribution < -0.4 is 16.4 Å². The Balaban J connectivity index is 1.04. The van der Waals surface area contributed by atoms with E-state index in [9.17, 15) is 0 Å². The van der Waals surface area contributed by atoms with Gasteiger partial charge in [0, 0.05) is 60.6 Å². The highest BCUT2D eigenvalue weighted by Gasteiger charge is 2.42. The van der Waals surface area contributed by atoms with Crippen LogP contribution in [-0.2, 0) is 21.7 Å². The molecule has 5 heterocycles. The second-order valence-corrected chi connectivity index (χ2v) is 29.8. The van der Waals surface area contributed by atoms with Crippen molar-refractivity contribution in [2.24, 2.45) is 0 Å². The first-order chi connectivity index (χ1) is 43.6. The van der Waals surface area contributed by atoms with Gasteiger partial charge in [-0.05, 0) is 153 Å². The molecule has 0 saturated heterocycles. The fourth-order valence-corrected chi connectivity index (χ4v) is 14.5. The molecule has 0 N–H and O–H groups in total. The predicted octanol–water partition coefficient (Wildman–Crippen LogP) is 20.1. The maximum Gasteiger partial charge on any atom is 0.252 e. The smallest absolute Gasteiger partial charge is 0.252 e. The second-order valence-electron chi connectivity index (χ2n) is 29.8. The first kappa shape index (κ1) is 56.3. The third-order valence-electron chi connectivity index (χ3n) is 19.6. The summed E-state index contributed by atoms with van der Waals surface area (Å²) >= 11 is 0. The van der Waals surface area contributed by atoms with E-state index in [0.717, 1.165) is 39.1 Å². The van der Waals surface area contributed by atoms with Crippen molar-refractivity contribution < 1.29 is 0 Å². The topological polar surface area (TPSA) is 48.5 Å². The van der Waals surface area contributed by atoms with Crippen LogP contribution in [0, 0.1) is 0 Å². The van der Waals surface area contributed by atoms with Crippen LogP contribution in [0.3, 0.4) is 0 Å². The molecule has 0 aliphatic carbocycles. The second kappa shape index (κ2) is 20.3. The van der Waals surface area contributed by atoms with E-state index < -0.39 is 0 Å². The molecule has 14 aromatic rings. The lowest BCUT2D eigenvalue weighted by molar-refractivity contribution is 0.590. The molecule has 0 unspecified atom stereocenters. The van der Waals surface area contributed by atoms with Crippen molar-refractivity contribution in [3.63, 3.8) is 0 Å². The summed E-state index contributed by atoms with van der Waals surface area (Å²) in [6, 6.07) is 87.0. The lowest BCUT2D eigenvalue weighted by Crippen LogP contribution is -2.59. The van der Waals surface area contributed by atoms with Gasteiger partial charge in [0.15, 0.2) is 17.5 Å². The summed E-state index contributed by atoms with van der Waals surface area (Å²) in [4.78, 5) is 16.2. The van der Waals surface area contributed by atoms with Gasteiger partial charge in [0.2, 0.25) is 0 Å². The van der Waals surface area contributed by atoms with Crippen LogP contribution in [-0.4, -0.2) is 30.8 Å². The molecule has 5 nitrogen and oxygen atoms in total. The molecule has 16 rings (SSSR count). The van der Waals surface area contributed by atoms with Gasteiger partial charge in [-0.3, -0.25) is 0 Å². The first-order valence-corrected chi connectivity index (χ1v) is 32.3. The standard InChI is InChI=1S/C85H74BN5/c1-82(2,3)62-33-23-51(24-34-62)57-31-41-72-66(43-57)68-45-59(53-27-37-64(38-28-53)84(7,8)9)47-70-77(68)90(72)74-49-61(81-88-79(55-19-15-13-16-20-55)87-80(89-81)56-21-17-14-18-22-56)50-75-76(74)86(70)71-48-60(54-29-39-65(40-30-54)85(10,11)12)46-69-67-44-58(32-42-73(67)91(75)78(69)71)52-25-35-63(36-26-52)83(4,5)6/h13-50H,1-12H3. The molecule has 2 aliphatic rings. The maximum absolute atomic E-state index is 5.47. The number of hydrogen-bond acceptors (Lipinski definition) is 3. The molecule has 0 amide bonds. The number of nitrogens with zero attached hydrogens (tertiary/aromatic N) is 5. The average Bonchev–Trinajstić information content (AvgIpc) is 1.57. The molecule has 0 spiro atoms. The van der Waals surface area contributed by atoms with Crippen LogP contribution in [0.1, 0.15) is 105 Å². The zero-order valence-electron chi connectivity index (χ0n) is 54.3. The lowest BCUT2D eigenvalue weighted by Gasteiger charge is -2.34. The van der Waals surface area contributed by atoms with Crippen molar-refractivity contribution in [2.75, 3.05) is 0 Å². The molecule has 0 radical (unpaired) electrons. The SMILES string of the molecule is CC(C)(C)c1ccc(-c2ccc3c(c2)c2cc(-c4ccc(C(C)(C)C)cc4)cc4c2n3-c2cc(-c3nc(-c5ccccc5)nc(-c5ccccc5)n3)cc3c2B4c2cc(-c4ccc(C(C)(C)C)cc4)cc4c5cc(-c6ccc(C(C)(C)C)cc6)ccc5n-3c24)cc1. The highest BCUT2D eigenvalue weighted by Crippen LogP contribution is 2.45. The molecule has 442 valence electrons. The van der Waals surface area contributed by atoms with Crippen molar-refractivity contribution in [1.29, 1.82) is 0 Å². The third kappa shape index (κ3) is 9.39. The number of rotatable bonds is 7. The molecule has 0 bridgehead atoms. The van der Waals surface area contributed by atoms with E-state index in [1.165, 1.54) is 116 Å². The van der Waals surface area contributed by atoms with Crippen LogP contribution in [0.2, 0.25) is 0 Å². The number of fused-ring (bicyclic) bond motifs is 10. The van der Waals surface area contributed by atoms with E-state index in [4.69, 9.17) is 15.0 Å². The van der Waals surface area contributed by atoms with Gasteiger partial charge < -0.3 is 9.13 Å². The first-order valence-electron chi connectivity index (χ1n) is 32.3. The molecule has 0 saturated carbocycles. The van der Waals surface area contributed by atoms with Gasteiger partial charge in [0.05, 0.1) is 11.0 Å². The summed E-state index contributed by atoms with van der Waals surface area (Å²) in [6.45, 7) is 27.3. The monoisotopic (exact) mass is 1180 g/mol. The Labute approximate surface area is 535 Å². The van der Waals surface area contributed by atoms with Crippen LogP contribution in [0.15, 0.2) is 231 Å². The Bertz CT molecular complexity index is 4930. The quantitative estimate of drug-likeness (QED) is 0.149. The Morgan fingerprint density at radius 2 is 0.560 bits per heavy atom. The fraction of sp³-hybridized carbons (Fsp3) is 0.188. The van der Waals surface area contributed by atoms with Gasteiger partial charge in [-0.2, -0.15) is 0 Å². The number of aromatic nitrogens is 5. The van der Waals surface area contributed by atoms with Gasteiger partial charge in [-0.1, -0.05) is 265 Å². The summed E-state index contributed by atoms with van der Waals surface area (Å²) in [6.07, 6.45) is 0. The minimum Gasteiger partial charge on any atom is -0.310 e. The number of hydrogen-bond donors (Lipinski definition) is 0. The summed E-state index contributed by atoms with van der Waals surface area (Å²) in [5, 5.41) is 4.88. The Kier molecular flexibility index (Phi) is 12.6. The van der Waals surface area contributed by atoms with E-state index in [1.54, 1.807) is 0 Å². The molecule has 3 aromatic heterocycles. The molecule has 0 fully saturated rings. The van der Waals surface area contributed by atoms with Crippen LogP contribution in [0.4, 0.5) is 0 Å². The molecular formula is C85H74BN5. The highest BCUT2D eigenvalue weighted by molar-refractivity contribution is 7.00. The predicted molar refractivity (Wildman–Crippen MR) is 386 cm³/mol. The van der Waals surface area contributed by atoms with E-state index >= 15 is 0 Å². The normalized spacial score (nSPS) is 13.0. The molecule has 2 aliphatic heterocycles. The van der Waals surface area contributed by atoms with E-state index in [0.29, 0.717) is 17.5 Å². The molecule has 0 atom stereocenters. The Hall–Kier alpha value is -9.91. The fourth-order valence-electron chi connectivity index (χ4n) is 14.5. The van der Waals surface area contributed by atoms with Gasteiger partial charge in [0.1, 0.15) is 0 Å². The van der Waals surface area contributed by atoms with E-state index in [-0.39, 0.29) is 28.4 Å². The third-order valence-corrected chi connectivity index (χ3v) is 19.6. The highest BCUT2D eigenvalue weighted by atomic mass is 15.1. The maximum atomic E-state index is 5.47. The largest absolute Gasteiger partial charge is 0.310 e.